The molecule has 0 amide bonds. The molecule has 2 N–H and O–H groups in total. The first-order valence-electron chi connectivity index (χ1n) is 8.56. The summed E-state index contributed by atoms with van der Waals surface area (Å²) in [7, 11) is 1.76. The third-order valence-corrected chi connectivity index (χ3v) is 3.77. The van der Waals surface area contributed by atoms with Crippen LogP contribution in [0.2, 0.25) is 0 Å². The van der Waals surface area contributed by atoms with E-state index in [0.29, 0.717) is 19.7 Å². The zero-order chi connectivity index (χ0) is 18.0. The van der Waals surface area contributed by atoms with Gasteiger partial charge in [0.25, 0.3) is 0 Å². The molecule has 0 radical (unpaired) electrons. The topological polar surface area (TPSA) is 63.5 Å². The second-order valence-electron chi connectivity index (χ2n) is 5.63. The highest BCUT2D eigenvalue weighted by Gasteiger charge is 2.01. The summed E-state index contributed by atoms with van der Waals surface area (Å²) in [4.78, 5) is 4.24. The Bertz CT molecular complexity index is 815. The molecule has 0 aliphatic heterocycles. The zero-order valence-corrected chi connectivity index (χ0v) is 14.8. The molecule has 0 bridgehead atoms. The lowest BCUT2D eigenvalue weighted by atomic mass is 10.2. The van der Waals surface area contributed by atoms with E-state index in [1.165, 1.54) is 0 Å². The number of nitrogens with one attached hydrogen (secondary N) is 2. The summed E-state index contributed by atoms with van der Waals surface area (Å²) in [5, 5.41) is 10.8. The maximum absolute atomic E-state index is 5.67. The molecular formula is C20H23N5O. The Balaban J connectivity index is 1.45. The molecule has 3 rings (SSSR count). The summed E-state index contributed by atoms with van der Waals surface area (Å²) < 4.78 is 7.51. The number of para-hydroxylation sites is 1. The predicted molar refractivity (Wildman–Crippen MR) is 104 cm³/mol. The molecule has 0 saturated heterocycles. The smallest absolute Gasteiger partial charge is 0.191 e. The van der Waals surface area contributed by atoms with E-state index >= 15 is 0 Å². The second kappa shape index (κ2) is 9.27. The Morgan fingerprint density at radius 1 is 1.08 bits per heavy atom. The van der Waals surface area contributed by atoms with E-state index in [4.69, 9.17) is 4.74 Å². The maximum atomic E-state index is 5.67. The first kappa shape index (κ1) is 17.5. The molecule has 0 fully saturated rings. The molecule has 134 valence electrons. The molecule has 0 aliphatic rings. The molecule has 0 unspecified atom stereocenters. The molecule has 0 atom stereocenters. The van der Waals surface area contributed by atoms with E-state index in [0.717, 1.165) is 23.0 Å². The Hall–Kier alpha value is -3.28. The fourth-order valence-corrected chi connectivity index (χ4v) is 2.49. The van der Waals surface area contributed by atoms with Gasteiger partial charge in [0.1, 0.15) is 12.4 Å². The summed E-state index contributed by atoms with van der Waals surface area (Å²) in [5.41, 5.74) is 2.19. The second-order valence-corrected chi connectivity index (χ2v) is 5.63. The van der Waals surface area contributed by atoms with Crippen LogP contribution in [-0.4, -0.2) is 35.9 Å². The highest BCUT2D eigenvalue weighted by Crippen LogP contribution is 2.09. The molecule has 1 heterocycles. The highest BCUT2D eigenvalue weighted by atomic mass is 16.5. The zero-order valence-electron chi connectivity index (χ0n) is 14.8. The van der Waals surface area contributed by atoms with Gasteiger partial charge < -0.3 is 15.4 Å². The number of aliphatic imine (C=N–C) groups is 1. The van der Waals surface area contributed by atoms with Crippen molar-refractivity contribution in [2.75, 3.05) is 20.2 Å². The fraction of sp³-hybridized carbons (Fsp3) is 0.200. The molecule has 0 spiro atoms. The lowest BCUT2D eigenvalue weighted by molar-refractivity contribution is 0.322. The Morgan fingerprint density at radius 3 is 2.73 bits per heavy atom. The maximum Gasteiger partial charge on any atom is 0.191 e. The number of aromatic nitrogens is 2. The van der Waals surface area contributed by atoms with Crippen LogP contribution in [0.4, 0.5) is 0 Å². The summed E-state index contributed by atoms with van der Waals surface area (Å²) in [5.74, 6) is 1.61. The number of hydrogen-bond donors (Lipinski definition) is 2. The van der Waals surface area contributed by atoms with Gasteiger partial charge in [0.05, 0.1) is 12.2 Å². The monoisotopic (exact) mass is 349 g/mol. The average Bonchev–Trinajstić information content (AvgIpc) is 3.23. The van der Waals surface area contributed by atoms with Crippen molar-refractivity contribution < 1.29 is 4.74 Å². The van der Waals surface area contributed by atoms with Gasteiger partial charge in [-0.2, -0.15) is 5.10 Å². The molecule has 26 heavy (non-hydrogen) atoms. The summed E-state index contributed by atoms with van der Waals surface area (Å²) in [6, 6.07) is 19.9. The van der Waals surface area contributed by atoms with Gasteiger partial charge in [-0.15, -0.1) is 0 Å². The minimum Gasteiger partial charge on any atom is -0.492 e. The van der Waals surface area contributed by atoms with Crippen LogP contribution < -0.4 is 15.4 Å². The van der Waals surface area contributed by atoms with Gasteiger partial charge in [0.2, 0.25) is 0 Å². The largest absolute Gasteiger partial charge is 0.492 e. The lowest BCUT2D eigenvalue weighted by Crippen LogP contribution is -2.38. The van der Waals surface area contributed by atoms with Crippen molar-refractivity contribution in [2.24, 2.45) is 4.99 Å². The number of guanidine groups is 1. The minimum absolute atomic E-state index is 0.569. The van der Waals surface area contributed by atoms with Crippen LogP contribution in [0.1, 0.15) is 5.56 Å². The van der Waals surface area contributed by atoms with Crippen molar-refractivity contribution in [3.8, 4) is 11.4 Å². The molecule has 0 aliphatic carbocycles. The van der Waals surface area contributed by atoms with Gasteiger partial charge in [-0.1, -0.05) is 30.3 Å². The Kier molecular flexibility index (Phi) is 6.25. The van der Waals surface area contributed by atoms with Crippen molar-refractivity contribution in [3.63, 3.8) is 0 Å². The van der Waals surface area contributed by atoms with E-state index in [9.17, 15) is 0 Å². The van der Waals surface area contributed by atoms with Crippen LogP contribution in [0.25, 0.3) is 5.69 Å². The fourth-order valence-electron chi connectivity index (χ4n) is 2.49. The van der Waals surface area contributed by atoms with E-state index in [1.807, 2.05) is 59.4 Å². The predicted octanol–water partition coefficient (Wildman–Crippen LogP) is 2.62. The van der Waals surface area contributed by atoms with Crippen LogP contribution in [0.5, 0.6) is 5.75 Å². The van der Waals surface area contributed by atoms with E-state index < -0.39 is 0 Å². The molecule has 0 saturated carbocycles. The van der Waals surface area contributed by atoms with Gasteiger partial charge in [0.15, 0.2) is 5.96 Å². The molecule has 6 nitrogen and oxygen atoms in total. The van der Waals surface area contributed by atoms with Crippen molar-refractivity contribution in [3.05, 3.63) is 78.6 Å². The number of rotatable bonds is 7. The minimum atomic E-state index is 0.569. The van der Waals surface area contributed by atoms with Gasteiger partial charge in [-0.05, 0) is 35.9 Å². The Morgan fingerprint density at radius 2 is 1.96 bits per heavy atom. The molecule has 3 aromatic rings. The van der Waals surface area contributed by atoms with Crippen LogP contribution in [0.3, 0.4) is 0 Å². The normalized spacial score (nSPS) is 11.2. The molecule has 2 aromatic carbocycles. The van der Waals surface area contributed by atoms with Crippen LogP contribution in [-0.2, 0) is 6.54 Å². The summed E-state index contributed by atoms with van der Waals surface area (Å²) in [6.07, 6.45) is 3.70. The lowest BCUT2D eigenvalue weighted by Gasteiger charge is -2.13. The van der Waals surface area contributed by atoms with Crippen molar-refractivity contribution in [1.82, 2.24) is 20.4 Å². The van der Waals surface area contributed by atoms with Gasteiger partial charge in [-0.3, -0.25) is 4.99 Å². The third-order valence-electron chi connectivity index (χ3n) is 3.77. The van der Waals surface area contributed by atoms with Gasteiger partial charge >= 0.3 is 0 Å². The number of nitrogens with zero attached hydrogens (tertiary/aromatic N) is 3. The van der Waals surface area contributed by atoms with E-state index in [-0.39, 0.29) is 0 Å². The van der Waals surface area contributed by atoms with Crippen molar-refractivity contribution in [2.45, 2.75) is 6.54 Å². The number of ether oxygens (including phenoxy) is 1. The first-order chi connectivity index (χ1) is 12.8. The first-order valence-corrected chi connectivity index (χ1v) is 8.56. The summed E-state index contributed by atoms with van der Waals surface area (Å²) in [6.45, 7) is 1.91. The van der Waals surface area contributed by atoms with Gasteiger partial charge in [-0.25, -0.2) is 4.68 Å². The highest BCUT2D eigenvalue weighted by molar-refractivity contribution is 5.79. The quantitative estimate of drug-likeness (QED) is 0.391. The molecule has 6 heteroatoms. The van der Waals surface area contributed by atoms with E-state index in [2.05, 4.69) is 32.9 Å². The standard InChI is InChI=1S/C20H23N5O/c1-21-20(22-12-14-26-19-9-3-2-4-10-19)23-16-17-7-5-8-18(15-17)25-13-6-11-24-25/h2-11,13,15H,12,14,16H2,1H3,(H2,21,22,23). The summed E-state index contributed by atoms with van der Waals surface area (Å²) >= 11 is 0. The molecule has 1 aromatic heterocycles. The van der Waals surface area contributed by atoms with Crippen molar-refractivity contribution >= 4 is 5.96 Å². The van der Waals surface area contributed by atoms with Crippen LogP contribution >= 0.6 is 0 Å². The number of benzene rings is 2. The van der Waals surface area contributed by atoms with Crippen LogP contribution in [0, 0.1) is 0 Å². The van der Waals surface area contributed by atoms with E-state index in [1.54, 1.807) is 13.2 Å². The van der Waals surface area contributed by atoms with Crippen LogP contribution in [0.15, 0.2) is 78.0 Å². The Labute approximate surface area is 153 Å². The third kappa shape index (κ3) is 5.11. The average molecular weight is 349 g/mol. The molecular weight excluding hydrogens is 326 g/mol. The SMILES string of the molecule is CN=C(NCCOc1ccccc1)NCc1cccc(-n2cccn2)c1. The van der Waals surface area contributed by atoms with Crippen molar-refractivity contribution in [1.29, 1.82) is 0 Å². The van der Waals surface area contributed by atoms with Gasteiger partial charge in [0, 0.05) is 26.0 Å². The number of hydrogen-bond acceptors (Lipinski definition) is 3.